The van der Waals surface area contributed by atoms with Gasteiger partial charge in [-0.15, -0.1) is 0 Å². The Labute approximate surface area is 83.0 Å². The summed E-state index contributed by atoms with van der Waals surface area (Å²) in [6, 6.07) is 9.91. The molecule has 0 radical (unpaired) electrons. The van der Waals surface area contributed by atoms with Crippen molar-refractivity contribution in [1.29, 1.82) is 0 Å². The van der Waals surface area contributed by atoms with E-state index in [9.17, 15) is 4.79 Å². The number of halogens is 1. The Hall–Kier alpha value is -1.08. The Morgan fingerprint density at radius 3 is 2.54 bits per heavy atom. The summed E-state index contributed by atoms with van der Waals surface area (Å²) in [5.74, 6) is 0.180. The molecule has 68 valence electrons. The first-order valence-electron chi connectivity index (χ1n) is 4.11. The number of rotatable bonds is 3. The summed E-state index contributed by atoms with van der Waals surface area (Å²) in [5.41, 5.74) is 1.16. The summed E-state index contributed by atoms with van der Waals surface area (Å²) in [6.07, 6.45) is 2.39. The van der Waals surface area contributed by atoms with Crippen LogP contribution >= 0.6 is 11.6 Å². The Morgan fingerprint density at radius 2 is 2.00 bits per heavy atom. The lowest BCUT2D eigenvalue weighted by atomic mass is 10.0. The van der Waals surface area contributed by atoms with Crippen molar-refractivity contribution in [3.8, 4) is 0 Å². The van der Waals surface area contributed by atoms with Crippen LogP contribution in [0.2, 0.25) is 0 Å². The fraction of sp³-hybridized carbons (Fsp3) is 0.182. The molecule has 0 fully saturated rings. The largest absolute Gasteiger partial charge is 0.297 e. The maximum Gasteiger partial charge on any atom is 0.161 e. The first kappa shape index (κ1) is 10.0. The number of carbonyl (C=O) groups is 1. The molecular formula is C11H11ClO. The van der Waals surface area contributed by atoms with Crippen LogP contribution in [0.1, 0.15) is 18.4 Å². The van der Waals surface area contributed by atoms with Crippen LogP contribution in [-0.2, 0) is 4.79 Å². The van der Waals surface area contributed by atoms with E-state index in [4.69, 9.17) is 11.6 Å². The molecule has 0 saturated heterocycles. The monoisotopic (exact) mass is 194 g/mol. The first-order chi connectivity index (χ1) is 6.24. The van der Waals surface area contributed by atoms with Gasteiger partial charge in [0, 0.05) is 5.92 Å². The zero-order chi connectivity index (χ0) is 9.68. The van der Waals surface area contributed by atoms with Crippen molar-refractivity contribution in [2.45, 2.75) is 12.8 Å². The minimum atomic E-state index is 0.180. The average Bonchev–Trinajstić information content (AvgIpc) is 2.19. The van der Waals surface area contributed by atoms with E-state index in [1.807, 2.05) is 37.3 Å². The molecule has 0 aromatic heterocycles. The molecule has 0 spiro atoms. The van der Waals surface area contributed by atoms with E-state index in [0.29, 0.717) is 6.29 Å². The topological polar surface area (TPSA) is 17.1 Å². The molecule has 0 saturated carbocycles. The van der Waals surface area contributed by atoms with E-state index in [-0.39, 0.29) is 11.0 Å². The number of hydrogen-bond acceptors (Lipinski definition) is 1. The van der Waals surface area contributed by atoms with Gasteiger partial charge in [-0.25, -0.2) is 0 Å². The molecule has 0 aliphatic rings. The van der Waals surface area contributed by atoms with Crippen LogP contribution in [0.15, 0.2) is 41.4 Å². The lowest BCUT2D eigenvalue weighted by molar-refractivity contribution is -0.104. The van der Waals surface area contributed by atoms with Crippen molar-refractivity contribution in [2.75, 3.05) is 0 Å². The molecule has 13 heavy (non-hydrogen) atoms. The van der Waals surface area contributed by atoms with Gasteiger partial charge >= 0.3 is 0 Å². The van der Waals surface area contributed by atoms with Gasteiger partial charge in [0.15, 0.2) is 6.29 Å². The van der Waals surface area contributed by atoms with Gasteiger partial charge < -0.3 is 0 Å². The van der Waals surface area contributed by atoms with Crippen LogP contribution in [0.5, 0.6) is 0 Å². The molecule has 0 N–H and O–H groups in total. The molecule has 0 aliphatic carbocycles. The van der Waals surface area contributed by atoms with Crippen LogP contribution < -0.4 is 0 Å². The molecule has 0 amide bonds. The maximum absolute atomic E-state index is 10.3. The predicted octanol–water partition coefficient (Wildman–Crippen LogP) is 3.11. The second kappa shape index (κ2) is 4.83. The van der Waals surface area contributed by atoms with Gasteiger partial charge in [-0.05, 0) is 5.56 Å². The zero-order valence-electron chi connectivity index (χ0n) is 7.41. The van der Waals surface area contributed by atoms with Gasteiger partial charge in [0.05, 0.1) is 5.03 Å². The van der Waals surface area contributed by atoms with E-state index in [1.54, 1.807) is 6.08 Å². The molecule has 0 aliphatic heterocycles. The van der Waals surface area contributed by atoms with Gasteiger partial charge in [0.2, 0.25) is 0 Å². The summed E-state index contributed by atoms with van der Waals surface area (Å²) >= 11 is 5.60. The van der Waals surface area contributed by atoms with Crippen molar-refractivity contribution in [1.82, 2.24) is 0 Å². The quantitative estimate of drug-likeness (QED) is 0.534. The van der Waals surface area contributed by atoms with Crippen LogP contribution in [-0.4, -0.2) is 6.29 Å². The SMILES string of the molecule is CC(/C=C(\Cl)C=O)c1ccccc1. The summed E-state index contributed by atoms with van der Waals surface area (Å²) in [4.78, 5) is 10.3. The molecule has 1 atom stereocenters. The number of benzene rings is 1. The second-order valence-electron chi connectivity index (χ2n) is 2.87. The highest BCUT2D eigenvalue weighted by molar-refractivity contribution is 6.38. The van der Waals surface area contributed by atoms with Crippen molar-refractivity contribution in [3.63, 3.8) is 0 Å². The smallest absolute Gasteiger partial charge is 0.161 e. The van der Waals surface area contributed by atoms with Gasteiger partial charge in [0.25, 0.3) is 0 Å². The van der Waals surface area contributed by atoms with Crippen LogP contribution in [0, 0.1) is 0 Å². The summed E-state index contributed by atoms with van der Waals surface area (Å²) in [6.45, 7) is 2.00. The highest BCUT2D eigenvalue weighted by atomic mass is 35.5. The van der Waals surface area contributed by atoms with Gasteiger partial charge in [-0.1, -0.05) is 54.9 Å². The van der Waals surface area contributed by atoms with Gasteiger partial charge in [0.1, 0.15) is 0 Å². The molecular weight excluding hydrogens is 184 g/mol. The second-order valence-corrected chi connectivity index (χ2v) is 3.31. The first-order valence-corrected chi connectivity index (χ1v) is 4.49. The third kappa shape index (κ3) is 3.03. The van der Waals surface area contributed by atoms with Crippen LogP contribution in [0.25, 0.3) is 0 Å². The predicted molar refractivity (Wildman–Crippen MR) is 54.9 cm³/mol. The average molecular weight is 195 g/mol. The van der Waals surface area contributed by atoms with E-state index >= 15 is 0 Å². The van der Waals surface area contributed by atoms with E-state index in [1.165, 1.54) is 0 Å². The van der Waals surface area contributed by atoms with Crippen molar-refractivity contribution in [2.24, 2.45) is 0 Å². The Balaban J connectivity index is 2.80. The molecule has 0 heterocycles. The highest BCUT2D eigenvalue weighted by Gasteiger charge is 2.01. The van der Waals surface area contributed by atoms with E-state index in [0.717, 1.165) is 5.56 Å². The number of hydrogen-bond donors (Lipinski definition) is 0. The molecule has 2 heteroatoms. The minimum Gasteiger partial charge on any atom is -0.297 e. The minimum absolute atomic E-state index is 0.180. The van der Waals surface area contributed by atoms with Gasteiger partial charge in [-0.2, -0.15) is 0 Å². The summed E-state index contributed by atoms with van der Waals surface area (Å²) in [7, 11) is 0. The third-order valence-electron chi connectivity index (χ3n) is 1.85. The number of aldehydes is 1. The van der Waals surface area contributed by atoms with Crippen molar-refractivity contribution < 1.29 is 4.79 Å². The standard InChI is InChI=1S/C11H11ClO/c1-9(7-11(12)8-13)10-5-3-2-4-6-10/h2-9H,1H3/b11-7-. The van der Waals surface area contributed by atoms with E-state index in [2.05, 4.69) is 0 Å². The highest BCUT2D eigenvalue weighted by Crippen LogP contribution is 2.18. The molecule has 1 aromatic carbocycles. The Kier molecular flexibility index (Phi) is 3.71. The number of allylic oxidation sites excluding steroid dienone is 2. The van der Waals surface area contributed by atoms with Crippen LogP contribution in [0.4, 0.5) is 0 Å². The summed E-state index contributed by atoms with van der Waals surface area (Å²) in [5, 5.41) is 0.261. The Bertz CT molecular complexity index is 303. The Morgan fingerprint density at radius 1 is 1.38 bits per heavy atom. The molecule has 1 aromatic rings. The number of carbonyl (C=O) groups excluding carboxylic acids is 1. The third-order valence-corrected chi connectivity index (χ3v) is 2.06. The fourth-order valence-electron chi connectivity index (χ4n) is 1.13. The molecule has 1 nitrogen and oxygen atoms in total. The van der Waals surface area contributed by atoms with Crippen LogP contribution in [0.3, 0.4) is 0 Å². The maximum atomic E-state index is 10.3. The zero-order valence-corrected chi connectivity index (χ0v) is 8.16. The van der Waals surface area contributed by atoms with Gasteiger partial charge in [-0.3, -0.25) is 4.79 Å². The van der Waals surface area contributed by atoms with E-state index < -0.39 is 0 Å². The van der Waals surface area contributed by atoms with Crippen molar-refractivity contribution in [3.05, 3.63) is 47.0 Å². The van der Waals surface area contributed by atoms with Crippen molar-refractivity contribution >= 4 is 17.9 Å². The lowest BCUT2D eigenvalue weighted by Gasteiger charge is -2.05. The summed E-state index contributed by atoms with van der Waals surface area (Å²) < 4.78 is 0. The fourth-order valence-corrected chi connectivity index (χ4v) is 1.32. The lowest BCUT2D eigenvalue weighted by Crippen LogP contribution is -1.89. The normalized spacial score (nSPS) is 13.8. The molecule has 0 bridgehead atoms. The molecule has 1 rings (SSSR count). The molecule has 1 unspecified atom stereocenters.